The lowest BCUT2D eigenvalue weighted by molar-refractivity contribution is 0.354. The Morgan fingerprint density at radius 2 is 1.71 bits per heavy atom. The minimum atomic E-state index is 0.433. The number of methoxy groups -OCH3 is 2. The number of halogens is 3. The second-order valence-electron chi connectivity index (χ2n) is 6.59. The van der Waals surface area contributed by atoms with Crippen molar-refractivity contribution in [1.82, 2.24) is 15.1 Å². The Morgan fingerprint density at radius 1 is 0.968 bits per heavy atom. The van der Waals surface area contributed by atoms with Gasteiger partial charge in [0.05, 0.1) is 30.8 Å². The largest absolute Gasteiger partial charge is 0.493 e. The zero-order valence-corrected chi connectivity index (χ0v) is 20.0. The molecule has 0 aliphatic rings. The first-order valence-corrected chi connectivity index (χ1v) is 10.9. The van der Waals surface area contributed by atoms with Gasteiger partial charge in [-0.05, 0) is 54.0 Å². The Kier molecular flexibility index (Phi) is 8.26. The first-order valence-electron chi connectivity index (χ1n) is 9.32. The van der Waals surface area contributed by atoms with Gasteiger partial charge in [0, 0.05) is 12.7 Å². The molecular formula is C21H21Cl3N4O2S. The first-order chi connectivity index (χ1) is 14.9. The molecule has 0 aliphatic heterocycles. The minimum Gasteiger partial charge on any atom is -0.493 e. The Morgan fingerprint density at radius 3 is 2.42 bits per heavy atom. The van der Waals surface area contributed by atoms with E-state index in [9.17, 15) is 0 Å². The van der Waals surface area contributed by atoms with E-state index in [1.54, 1.807) is 37.2 Å². The summed E-state index contributed by atoms with van der Waals surface area (Å²) in [6.07, 6.45) is 2.47. The molecule has 0 aliphatic carbocycles. The normalized spacial score (nSPS) is 10.6. The molecule has 0 amide bonds. The number of hydrogen-bond donors (Lipinski definition) is 2. The molecule has 164 valence electrons. The van der Waals surface area contributed by atoms with Crippen molar-refractivity contribution in [2.24, 2.45) is 0 Å². The van der Waals surface area contributed by atoms with Gasteiger partial charge in [-0.2, -0.15) is 5.10 Å². The van der Waals surface area contributed by atoms with Crippen LogP contribution in [0.4, 0.5) is 5.82 Å². The van der Waals surface area contributed by atoms with Crippen molar-refractivity contribution in [3.63, 3.8) is 0 Å². The number of nitrogens with one attached hydrogen (secondary N) is 2. The highest BCUT2D eigenvalue weighted by molar-refractivity contribution is 7.80. The zero-order chi connectivity index (χ0) is 22.4. The van der Waals surface area contributed by atoms with Crippen molar-refractivity contribution in [2.75, 3.05) is 26.1 Å². The molecule has 0 saturated carbocycles. The molecule has 0 atom stereocenters. The van der Waals surface area contributed by atoms with Crippen LogP contribution in [0.15, 0.2) is 42.6 Å². The Hall–Kier alpha value is -2.19. The highest BCUT2D eigenvalue weighted by Crippen LogP contribution is 2.28. The molecule has 0 saturated heterocycles. The number of thiocarbonyl (C=S) groups is 1. The van der Waals surface area contributed by atoms with E-state index in [1.165, 1.54) is 0 Å². The molecule has 1 heterocycles. The third kappa shape index (κ3) is 6.40. The molecule has 0 fully saturated rings. The minimum absolute atomic E-state index is 0.433. The molecule has 10 heteroatoms. The van der Waals surface area contributed by atoms with Crippen LogP contribution in [-0.2, 0) is 13.0 Å². The van der Waals surface area contributed by atoms with Crippen molar-refractivity contribution >= 4 is 58.0 Å². The van der Waals surface area contributed by atoms with Gasteiger partial charge in [-0.25, -0.2) is 0 Å². The van der Waals surface area contributed by atoms with Crippen LogP contribution in [-0.4, -0.2) is 35.7 Å². The summed E-state index contributed by atoms with van der Waals surface area (Å²) in [5, 5.41) is 12.5. The Balaban J connectivity index is 1.53. The molecule has 0 spiro atoms. The highest BCUT2D eigenvalue weighted by atomic mass is 35.5. The molecule has 1 aromatic heterocycles. The van der Waals surface area contributed by atoms with Gasteiger partial charge in [-0.15, -0.1) is 0 Å². The van der Waals surface area contributed by atoms with Gasteiger partial charge in [0.15, 0.2) is 22.4 Å². The van der Waals surface area contributed by atoms with E-state index in [4.69, 9.17) is 56.5 Å². The van der Waals surface area contributed by atoms with Crippen molar-refractivity contribution in [1.29, 1.82) is 0 Å². The zero-order valence-electron chi connectivity index (χ0n) is 16.9. The van der Waals surface area contributed by atoms with Crippen LogP contribution in [0.3, 0.4) is 0 Å². The van der Waals surface area contributed by atoms with Crippen LogP contribution in [0.2, 0.25) is 15.1 Å². The maximum Gasteiger partial charge on any atom is 0.173 e. The van der Waals surface area contributed by atoms with E-state index in [0.717, 1.165) is 17.5 Å². The fourth-order valence-electron chi connectivity index (χ4n) is 2.90. The van der Waals surface area contributed by atoms with E-state index in [-0.39, 0.29) is 0 Å². The summed E-state index contributed by atoms with van der Waals surface area (Å²) in [5.41, 5.74) is 2.05. The van der Waals surface area contributed by atoms with Crippen LogP contribution in [0, 0.1) is 0 Å². The molecule has 6 nitrogen and oxygen atoms in total. The fraction of sp³-hybridized carbons (Fsp3) is 0.238. The van der Waals surface area contributed by atoms with Gasteiger partial charge in [0.2, 0.25) is 0 Å². The number of anilines is 1. The molecule has 0 unspecified atom stereocenters. The molecule has 0 bridgehead atoms. The first kappa shape index (κ1) is 23.5. The summed E-state index contributed by atoms with van der Waals surface area (Å²) in [6, 6.07) is 11.2. The Bertz CT molecular complexity index is 1070. The van der Waals surface area contributed by atoms with E-state index in [2.05, 4.69) is 15.7 Å². The summed E-state index contributed by atoms with van der Waals surface area (Å²) in [5.74, 6) is 1.87. The predicted molar refractivity (Wildman–Crippen MR) is 130 cm³/mol. The van der Waals surface area contributed by atoms with Crippen molar-refractivity contribution in [2.45, 2.75) is 13.0 Å². The summed E-state index contributed by atoms with van der Waals surface area (Å²) in [7, 11) is 3.23. The smallest absolute Gasteiger partial charge is 0.173 e. The summed E-state index contributed by atoms with van der Waals surface area (Å²) in [6.45, 7) is 1.13. The lowest BCUT2D eigenvalue weighted by Crippen LogP contribution is -2.30. The number of benzene rings is 2. The second-order valence-corrected chi connectivity index (χ2v) is 8.22. The summed E-state index contributed by atoms with van der Waals surface area (Å²) >= 11 is 23.7. The van der Waals surface area contributed by atoms with E-state index in [0.29, 0.717) is 50.6 Å². The van der Waals surface area contributed by atoms with Gasteiger partial charge < -0.3 is 20.1 Å². The van der Waals surface area contributed by atoms with E-state index < -0.39 is 0 Å². The molecular weight excluding hydrogens is 479 g/mol. The molecule has 31 heavy (non-hydrogen) atoms. The number of nitrogens with zero attached hydrogens (tertiary/aromatic N) is 2. The summed E-state index contributed by atoms with van der Waals surface area (Å²) < 4.78 is 12.3. The molecule has 2 N–H and O–H groups in total. The van der Waals surface area contributed by atoms with Crippen LogP contribution in [0.5, 0.6) is 11.5 Å². The van der Waals surface area contributed by atoms with Crippen LogP contribution < -0.4 is 20.1 Å². The SMILES string of the molecule is COc1ccc(CCNC(=S)Nc2nn(Cc3ccc(Cl)c(Cl)c3)cc2Cl)cc1OC. The van der Waals surface area contributed by atoms with Gasteiger partial charge in [-0.3, -0.25) is 4.68 Å². The van der Waals surface area contributed by atoms with Gasteiger partial charge in [0.25, 0.3) is 0 Å². The average molecular weight is 500 g/mol. The predicted octanol–water partition coefficient (Wildman–Crippen LogP) is 5.44. The quantitative estimate of drug-likeness (QED) is 0.403. The monoisotopic (exact) mass is 498 g/mol. The molecule has 0 radical (unpaired) electrons. The molecule has 3 rings (SSSR count). The van der Waals surface area contributed by atoms with Gasteiger partial charge >= 0.3 is 0 Å². The fourth-order valence-corrected chi connectivity index (χ4v) is 3.61. The van der Waals surface area contributed by atoms with E-state index in [1.807, 2.05) is 24.3 Å². The van der Waals surface area contributed by atoms with Crippen molar-refractivity contribution < 1.29 is 9.47 Å². The third-order valence-corrected chi connectivity index (χ3v) is 5.69. The van der Waals surface area contributed by atoms with Crippen LogP contribution in [0.1, 0.15) is 11.1 Å². The van der Waals surface area contributed by atoms with E-state index >= 15 is 0 Å². The Labute approximate surface area is 201 Å². The maximum absolute atomic E-state index is 6.30. The topological polar surface area (TPSA) is 60.3 Å². The van der Waals surface area contributed by atoms with Crippen molar-refractivity contribution in [3.05, 3.63) is 68.8 Å². The third-order valence-electron chi connectivity index (χ3n) is 4.42. The second kappa shape index (κ2) is 10.9. The number of hydrogen-bond acceptors (Lipinski definition) is 4. The number of ether oxygens (including phenoxy) is 2. The number of aromatic nitrogens is 2. The van der Waals surface area contributed by atoms with Crippen LogP contribution >= 0.6 is 47.0 Å². The van der Waals surface area contributed by atoms with Crippen LogP contribution in [0.25, 0.3) is 0 Å². The average Bonchev–Trinajstić information content (AvgIpc) is 3.09. The lowest BCUT2D eigenvalue weighted by atomic mass is 10.1. The van der Waals surface area contributed by atoms with Crippen molar-refractivity contribution in [3.8, 4) is 11.5 Å². The summed E-state index contributed by atoms with van der Waals surface area (Å²) in [4.78, 5) is 0. The lowest BCUT2D eigenvalue weighted by Gasteiger charge is -2.11. The van der Waals surface area contributed by atoms with Gasteiger partial charge in [-0.1, -0.05) is 46.9 Å². The highest BCUT2D eigenvalue weighted by Gasteiger charge is 2.10. The molecule has 2 aromatic carbocycles. The standard InChI is InChI=1S/C21H21Cl3N4O2S/c1-29-18-6-4-13(10-19(18)30-2)7-8-25-21(31)26-20-17(24)12-28(27-20)11-14-3-5-15(22)16(23)9-14/h3-6,9-10,12H,7-8,11H2,1-2H3,(H2,25,26,27,31). The molecule has 3 aromatic rings. The maximum atomic E-state index is 6.30. The van der Waals surface area contributed by atoms with Gasteiger partial charge in [0.1, 0.15) is 5.02 Å². The number of rotatable bonds is 8.